The maximum atomic E-state index is 12.9. The number of aliphatic carboxylic acids is 1. The van der Waals surface area contributed by atoms with Crippen molar-refractivity contribution in [3.63, 3.8) is 0 Å². The summed E-state index contributed by atoms with van der Waals surface area (Å²) in [5.74, 6) is -1.39. The van der Waals surface area contributed by atoms with E-state index in [1.807, 2.05) is 26.0 Å². The Kier molecular flexibility index (Phi) is 6.52. The van der Waals surface area contributed by atoms with Crippen molar-refractivity contribution in [2.75, 3.05) is 6.61 Å². The zero-order chi connectivity index (χ0) is 21.2. The van der Waals surface area contributed by atoms with Crippen molar-refractivity contribution >= 4 is 35.1 Å². The van der Waals surface area contributed by atoms with Crippen LogP contribution in [0.25, 0.3) is 0 Å². The van der Waals surface area contributed by atoms with E-state index >= 15 is 0 Å². The number of carbonyl (C=O) groups excluding carboxylic acids is 1. The van der Waals surface area contributed by atoms with Crippen LogP contribution in [0.4, 0.5) is 0 Å². The Labute approximate surface area is 180 Å². The van der Waals surface area contributed by atoms with Gasteiger partial charge in [-0.25, -0.2) is 4.79 Å². The Balaban J connectivity index is 2.21. The fourth-order valence-electron chi connectivity index (χ4n) is 3.95. The zero-order valence-corrected chi connectivity index (χ0v) is 17.8. The number of hydrogen-bond acceptors (Lipinski definition) is 3. The van der Waals surface area contributed by atoms with E-state index in [0.717, 1.165) is 11.1 Å². The molecule has 154 valence electrons. The van der Waals surface area contributed by atoms with Crippen molar-refractivity contribution in [3.05, 3.63) is 69.7 Å². The van der Waals surface area contributed by atoms with E-state index in [1.54, 1.807) is 36.4 Å². The lowest BCUT2D eigenvalue weighted by Gasteiger charge is -2.50. The molecule has 2 aromatic carbocycles. The molecule has 1 aliphatic heterocycles. The fourth-order valence-corrected chi connectivity index (χ4v) is 4.26. The number of halogens is 2. The number of carboxylic acids is 1. The molecule has 0 saturated carbocycles. The molecule has 0 aromatic heterocycles. The molecular weight excluding hydrogens is 413 g/mol. The first-order valence-corrected chi connectivity index (χ1v) is 10.2. The van der Waals surface area contributed by atoms with Gasteiger partial charge in [0.15, 0.2) is 0 Å². The second kappa shape index (κ2) is 8.74. The van der Waals surface area contributed by atoms with Crippen LogP contribution < -0.4 is 0 Å². The molecule has 0 spiro atoms. The summed E-state index contributed by atoms with van der Waals surface area (Å²) in [6, 6.07) is 12.7. The first kappa shape index (κ1) is 21.6. The zero-order valence-electron chi connectivity index (χ0n) is 16.3. The van der Waals surface area contributed by atoms with Crippen LogP contribution in [0.3, 0.4) is 0 Å². The van der Waals surface area contributed by atoms with Gasteiger partial charge in [0.05, 0.1) is 6.04 Å². The minimum atomic E-state index is -1.03. The highest BCUT2D eigenvalue weighted by Crippen LogP contribution is 2.47. The van der Waals surface area contributed by atoms with Crippen LogP contribution in [-0.4, -0.2) is 34.5 Å². The first-order valence-electron chi connectivity index (χ1n) is 9.47. The molecule has 0 unspecified atom stereocenters. The molecule has 1 saturated heterocycles. The average molecular weight is 436 g/mol. The van der Waals surface area contributed by atoms with Crippen molar-refractivity contribution in [3.8, 4) is 0 Å². The highest BCUT2D eigenvalue weighted by molar-refractivity contribution is 6.30. The molecule has 1 heterocycles. The monoisotopic (exact) mass is 435 g/mol. The van der Waals surface area contributed by atoms with Crippen LogP contribution in [0.2, 0.25) is 10.0 Å². The summed E-state index contributed by atoms with van der Waals surface area (Å²) in [6.07, 6.45) is 0.972. The second-order valence-electron chi connectivity index (χ2n) is 7.30. The molecule has 1 fully saturated rings. The number of amides is 1. The van der Waals surface area contributed by atoms with Crippen LogP contribution in [0.15, 0.2) is 48.5 Å². The standard InChI is InChI=1S/C22H23Cl2NO4/c1-3-5-18(21(27)28)25-19(26)13-29-22(2,15-6-4-7-17(24)12-15)20(25)14-8-10-16(23)11-9-14/h4,6-12,18,20H,3,5,13H2,1-2H3,(H,27,28)/t18-,20-,22+/m1/s1. The number of rotatable bonds is 6. The summed E-state index contributed by atoms with van der Waals surface area (Å²) in [7, 11) is 0. The van der Waals surface area contributed by atoms with Gasteiger partial charge in [-0.2, -0.15) is 0 Å². The Morgan fingerprint density at radius 1 is 1.24 bits per heavy atom. The van der Waals surface area contributed by atoms with E-state index in [-0.39, 0.29) is 12.5 Å². The third-order valence-electron chi connectivity index (χ3n) is 5.35. The Bertz CT molecular complexity index is 902. The van der Waals surface area contributed by atoms with Gasteiger partial charge in [-0.05, 0) is 48.7 Å². The van der Waals surface area contributed by atoms with E-state index in [4.69, 9.17) is 27.9 Å². The summed E-state index contributed by atoms with van der Waals surface area (Å²) < 4.78 is 6.08. The van der Waals surface area contributed by atoms with Crippen molar-refractivity contribution in [1.29, 1.82) is 0 Å². The molecule has 2 aromatic rings. The smallest absolute Gasteiger partial charge is 0.326 e. The van der Waals surface area contributed by atoms with Gasteiger partial charge in [-0.15, -0.1) is 0 Å². The van der Waals surface area contributed by atoms with E-state index in [0.29, 0.717) is 22.9 Å². The number of carbonyl (C=O) groups is 2. The van der Waals surface area contributed by atoms with Gasteiger partial charge < -0.3 is 14.7 Å². The number of hydrogen-bond donors (Lipinski definition) is 1. The lowest BCUT2D eigenvalue weighted by molar-refractivity contribution is -0.189. The SMILES string of the molecule is CCC[C@H](C(=O)O)N1C(=O)CO[C@@](C)(c2cccc(Cl)c2)[C@H]1c1ccc(Cl)cc1. The summed E-state index contributed by atoms with van der Waals surface area (Å²) in [5.41, 5.74) is 0.518. The number of benzene rings is 2. The summed E-state index contributed by atoms with van der Waals surface area (Å²) >= 11 is 12.3. The molecule has 1 N–H and O–H groups in total. The van der Waals surface area contributed by atoms with Crippen LogP contribution in [0.1, 0.15) is 43.9 Å². The quantitative estimate of drug-likeness (QED) is 0.687. The van der Waals surface area contributed by atoms with E-state index in [2.05, 4.69) is 0 Å². The molecule has 0 radical (unpaired) electrons. The van der Waals surface area contributed by atoms with Crippen molar-refractivity contribution in [2.24, 2.45) is 0 Å². The first-order chi connectivity index (χ1) is 13.8. The van der Waals surface area contributed by atoms with Gasteiger partial charge >= 0.3 is 5.97 Å². The molecule has 5 nitrogen and oxygen atoms in total. The molecular formula is C22H23Cl2NO4. The van der Waals surface area contributed by atoms with Crippen molar-refractivity contribution in [2.45, 2.75) is 44.4 Å². The van der Waals surface area contributed by atoms with Crippen molar-refractivity contribution in [1.82, 2.24) is 4.90 Å². The van der Waals surface area contributed by atoms with Crippen LogP contribution >= 0.6 is 23.2 Å². The molecule has 29 heavy (non-hydrogen) atoms. The van der Waals surface area contributed by atoms with Crippen LogP contribution in [-0.2, 0) is 19.9 Å². The Morgan fingerprint density at radius 2 is 1.93 bits per heavy atom. The molecule has 0 aliphatic carbocycles. The number of carboxylic acid groups (broad SMARTS) is 1. The molecule has 3 atom stereocenters. The number of nitrogens with zero attached hydrogens (tertiary/aromatic N) is 1. The number of ether oxygens (including phenoxy) is 1. The Morgan fingerprint density at radius 3 is 2.52 bits per heavy atom. The molecule has 1 aliphatic rings. The van der Waals surface area contributed by atoms with Crippen molar-refractivity contribution < 1.29 is 19.4 Å². The molecule has 3 rings (SSSR count). The summed E-state index contributed by atoms with van der Waals surface area (Å²) in [4.78, 5) is 26.5. The minimum Gasteiger partial charge on any atom is -0.480 e. The third-order valence-corrected chi connectivity index (χ3v) is 5.84. The lowest BCUT2D eigenvalue weighted by atomic mass is 9.80. The average Bonchev–Trinajstić information content (AvgIpc) is 2.69. The Hall–Kier alpha value is -2.08. The van der Waals surface area contributed by atoms with Gasteiger partial charge in [0.25, 0.3) is 0 Å². The van der Waals surface area contributed by atoms with Gasteiger partial charge in [0.2, 0.25) is 5.91 Å². The summed E-state index contributed by atoms with van der Waals surface area (Å²) in [6.45, 7) is 3.55. The fraction of sp³-hybridized carbons (Fsp3) is 0.364. The summed E-state index contributed by atoms with van der Waals surface area (Å²) in [5, 5.41) is 11.0. The molecule has 1 amide bonds. The minimum absolute atomic E-state index is 0.208. The third kappa shape index (κ3) is 4.27. The van der Waals surface area contributed by atoms with E-state index in [1.165, 1.54) is 4.90 Å². The van der Waals surface area contributed by atoms with E-state index < -0.39 is 23.7 Å². The molecule has 0 bridgehead atoms. The van der Waals surface area contributed by atoms with Gasteiger partial charge in [0.1, 0.15) is 18.2 Å². The van der Waals surface area contributed by atoms with Crippen LogP contribution in [0.5, 0.6) is 0 Å². The van der Waals surface area contributed by atoms with Gasteiger partial charge in [-0.1, -0.05) is 60.8 Å². The van der Waals surface area contributed by atoms with Crippen LogP contribution in [0, 0.1) is 0 Å². The maximum absolute atomic E-state index is 12.9. The largest absolute Gasteiger partial charge is 0.480 e. The highest BCUT2D eigenvalue weighted by atomic mass is 35.5. The van der Waals surface area contributed by atoms with Gasteiger partial charge in [-0.3, -0.25) is 4.79 Å². The topological polar surface area (TPSA) is 66.8 Å². The highest BCUT2D eigenvalue weighted by Gasteiger charge is 2.51. The number of morpholine rings is 1. The molecule has 7 heteroatoms. The van der Waals surface area contributed by atoms with Gasteiger partial charge in [0, 0.05) is 10.0 Å². The second-order valence-corrected chi connectivity index (χ2v) is 8.18. The van der Waals surface area contributed by atoms with E-state index in [9.17, 15) is 14.7 Å². The predicted molar refractivity (Wildman–Crippen MR) is 112 cm³/mol. The lowest BCUT2D eigenvalue weighted by Crippen LogP contribution is -2.58. The maximum Gasteiger partial charge on any atom is 0.326 e. The predicted octanol–water partition coefficient (Wildman–Crippen LogP) is 5.06. The normalized spacial score (nSPS) is 23.1.